The van der Waals surface area contributed by atoms with E-state index in [9.17, 15) is 14.9 Å². The maximum Gasteiger partial charge on any atom is 0.317 e. The smallest absolute Gasteiger partial charge is 0.317 e. The molecule has 3 aromatic rings. The summed E-state index contributed by atoms with van der Waals surface area (Å²) < 4.78 is 15.6. The SMILES string of the molecule is CCOc1ccc(-c2nc(CC(=O)Oc3ccc(OC)cc3[N+](=O)[O-])cs2)cc1. The van der Waals surface area contributed by atoms with Crippen molar-refractivity contribution in [1.29, 1.82) is 0 Å². The molecule has 1 aromatic heterocycles. The topological polar surface area (TPSA) is 101 Å². The standard InChI is InChI=1S/C20H18N2O6S/c1-3-27-15-6-4-13(5-7-15)20-21-14(12-29-20)10-19(23)28-18-9-8-16(26-2)11-17(18)22(24)25/h4-9,11-12H,3,10H2,1-2H3. The number of nitrogens with zero attached hydrogens (tertiary/aromatic N) is 2. The first-order valence-corrected chi connectivity index (χ1v) is 9.59. The summed E-state index contributed by atoms with van der Waals surface area (Å²) in [6.45, 7) is 2.51. The first-order chi connectivity index (χ1) is 14.0. The highest BCUT2D eigenvalue weighted by Gasteiger charge is 2.20. The molecule has 8 nitrogen and oxygen atoms in total. The second-order valence-corrected chi connectivity index (χ2v) is 6.70. The van der Waals surface area contributed by atoms with E-state index in [0.717, 1.165) is 16.3 Å². The molecule has 150 valence electrons. The van der Waals surface area contributed by atoms with Gasteiger partial charge in [0.2, 0.25) is 5.75 Å². The van der Waals surface area contributed by atoms with Crippen molar-refractivity contribution in [1.82, 2.24) is 4.98 Å². The summed E-state index contributed by atoms with van der Waals surface area (Å²) in [4.78, 5) is 27.3. The maximum absolute atomic E-state index is 12.2. The van der Waals surface area contributed by atoms with Gasteiger partial charge in [-0.15, -0.1) is 11.3 Å². The second kappa shape index (κ2) is 9.16. The molecule has 0 fully saturated rings. The molecule has 3 rings (SSSR count). The Morgan fingerprint density at radius 1 is 1.17 bits per heavy atom. The molecule has 2 aromatic carbocycles. The van der Waals surface area contributed by atoms with Crippen LogP contribution in [0.5, 0.6) is 17.2 Å². The minimum Gasteiger partial charge on any atom is -0.496 e. The molecule has 0 saturated carbocycles. The zero-order valence-corrected chi connectivity index (χ0v) is 16.6. The van der Waals surface area contributed by atoms with E-state index >= 15 is 0 Å². The molecule has 0 saturated heterocycles. The molecule has 0 aliphatic rings. The molecule has 0 spiro atoms. The van der Waals surface area contributed by atoms with Crippen LogP contribution < -0.4 is 14.2 Å². The summed E-state index contributed by atoms with van der Waals surface area (Å²) >= 11 is 1.40. The summed E-state index contributed by atoms with van der Waals surface area (Å²) in [6.07, 6.45) is -0.100. The lowest BCUT2D eigenvalue weighted by Gasteiger charge is -2.06. The molecule has 0 unspecified atom stereocenters. The number of benzene rings is 2. The van der Waals surface area contributed by atoms with Crippen LogP contribution in [0.2, 0.25) is 0 Å². The lowest BCUT2D eigenvalue weighted by molar-refractivity contribution is -0.385. The molecule has 0 atom stereocenters. The predicted octanol–water partition coefficient (Wildman–Crippen LogP) is 4.27. The van der Waals surface area contributed by atoms with Crippen molar-refractivity contribution < 1.29 is 23.9 Å². The van der Waals surface area contributed by atoms with E-state index < -0.39 is 10.9 Å². The number of methoxy groups -OCH3 is 1. The van der Waals surface area contributed by atoms with Crippen molar-refractivity contribution in [2.24, 2.45) is 0 Å². The van der Waals surface area contributed by atoms with Crippen molar-refractivity contribution >= 4 is 23.0 Å². The van der Waals surface area contributed by atoms with Crippen LogP contribution in [0.25, 0.3) is 10.6 Å². The molecule has 0 aliphatic heterocycles. The van der Waals surface area contributed by atoms with E-state index in [-0.39, 0.29) is 17.9 Å². The van der Waals surface area contributed by atoms with E-state index in [2.05, 4.69) is 4.98 Å². The largest absolute Gasteiger partial charge is 0.496 e. The number of esters is 1. The van der Waals surface area contributed by atoms with E-state index in [1.54, 1.807) is 5.38 Å². The number of aromatic nitrogens is 1. The highest BCUT2D eigenvalue weighted by atomic mass is 32.1. The Hall–Kier alpha value is -3.46. The van der Waals surface area contributed by atoms with Gasteiger partial charge >= 0.3 is 11.7 Å². The van der Waals surface area contributed by atoms with Gasteiger partial charge in [-0.3, -0.25) is 14.9 Å². The van der Waals surface area contributed by atoms with Gasteiger partial charge in [0.1, 0.15) is 16.5 Å². The molecular weight excluding hydrogens is 396 g/mol. The molecule has 0 N–H and O–H groups in total. The number of nitro benzene ring substituents is 1. The fourth-order valence-electron chi connectivity index (χ4n) is 2.54. The highest BCUT2D eigenvalue weighted by molar-refractivity contribution is 7.13. The molecule has 9 heteroatoms. The Morgan fingerprint density at radius 3 is 2.55 bits per heavy atom. The maximum atomic E-state index is 12.2. The minimum atomic E-state index is -0.637. The van der Waals surface area contributed by atoms with E-state index in [1.165, 1.54) is 36.6 Å². The van der Waals surface area contributed by atoms with Crippen LogP contribution in [0.15, 0.2) is 47.8 Å². The molecular formula is C20H18N2O6S. The van der Waals surface area contributed by atoms with Gasteiger partial charge in [0.15, 0.2) is 0 Å². The second-order valence-electron chi connectivity index (χ2n) is 5.84. The van der Waals surface area contributed by atoms with E-state index in [1.807, 2.05) is 31.2 Å². The van der Waals surface area contributed by atoms with Crippen molar-refractivity contribution in [3.63, 3.8) is 0 Å². The van der Waals surface area contributed by atoms with E-state index in [4.69, 9.17) is 14.2 Å². The van der Waals surface area contributed by atoms with E-state index in [0.29, 0.717) is 18.1 Å². The number of carbonyl (C=O) groups excluding carboxylic acids is 1. The Labute approximate surface area is 170 Å². The van der Waals surface area contributed by atoms with Crippen LogP contribution in [0.1, 0.15) is 12.6 Å². The van der Waals surface area contributed by atoms with Gasteiger partial charge in [0.25, 0.3) is 0 Å². The Kier molecular flexibility index (Phi) is 6.40. The third-order valence-electron chi connectivity index (χ3n) is 3.88. The van der Waals surface area contributed by atoms with Crippen molar-refractivity contribution in [3.05, 3.63) is 63.7 Å². The third-order valence-corrected chi connectivity index (χ3v) is 4.82. The summed E-state index contributed by atoms with van der Waals surface area (Å²) in [6, 6.07) is 11.5. The van der Waals surface area contributed by atoms with Crippen molar-refractivity contribution in [2.75, 3.05) is 13.7 Å². The van der Waals surface area contributed by atoms with Crippen molar-refractivity contribution in [2.45, 2.75) is 13.3 Å². The fraction of sp³-hybridized carbons (Fsp3) is 0.200. The molecule has 0 amide bonds. The predicted molar refractivity (Wildman–Crippen MR) is 108 cm³/mol. The number of thiazole rings is 1. The van der Waals surface area contributed by atoms with Crippen LogP contribution in [0, 0.1) is 10.1 Å². The Balaban J connectivity index is 1.68. The third kappa shape index (κ3) is 5.08. The van der Waals surface area contributed by atoms with Crippen LogP contribution in [-0.4, -0.2) is 29.6 Å². The highest BCUT2D eigenvalue weighted by Crippen LogP contribution is 2.31. The van der Waals surface area contributed by atoms with Gasteiger partial charge in [-0.25, -0.2) is 4.98 Å². The van der Waals surface area contributed by atoms with Gasteiger partial charge in [-0.2, -0.15) is 0 Å². The lowest BCUT2D eigenvalue weighted by Crippen LogP contribution is -2.12. The number of carbonyl (C=O) groups is 1. The zero-order valence-electron chi connectivity index (χ0n) is 15.8. The minimum absolute atomic E-state index is 0.100. The number of rotatable bonds is 8. The normalized spacial score (nSPS) is 10.4. The van der Waals surface area contributed by atoms with Gasteiger partial charge in [-0.05, 0) is 43.3 Å². The molecule has 0 radical (unpaired) electrons. The summed E-state index contributed by atoms with van der Waals surface area (Å²) in [5.74, 6) is 0.304. The monoisotopic (exact) mass is 414 g/mol. The Morgan fingerprint density at radius 2 is 1.90 bits per heavy atom. The van der Waals surface area contributed by atoms with Gasteiger partial charge in [0, 0.05) is 10.9 Å². The molecule has 29 heavy (non-hydrogen) atoms. The van der Waals surface area contributed by atoms with Gasteiger partial charge < -0.3 is 14.2 Å². The molecule has 1 heterocycles. The number of ether oxygens (including phenoxy) is 3. The Bertz CT molecular complexity index is 1020. The summed E-state index contributed by atoms with van der Waals surface area (Å²) in [5, 5.41) is 13.7. The quantitative estimate of drug-likeness (QED) is 0.235. The molecule has 0 bridgehead atoms. The fourth-order valence-corrected chi connectivity index (χ4v) is 3.37. The number of nitro groups is 1. The van der Waals surface area contributed by atoms with Crippen molar-refractivity contribution in [3.8, 4) is 27.8 Å². The molecule has 0 aliphatic carbocycles. The number of hydrogen-bond acceptors (Lipinski definition) is 8. The first-order valence-electron chi connectivity index (χ1n) is 8.71. The van der Waals surface area contributed by atoms with Gasteiger partial charge in [-0.1, -0.05) is 0 Å². The summed E-state index contributed by atoms with van der Waals surface area (Å²) in [5.41, 5.74) is 1.09. The number of hydrogen-bond donors (Lipinski definition) is 0. The average molecular weight is 414 g/mol. The van der Waals surface area contributed by atoms with Crippen LogP contribution >= 0.6 is 11.3 Å². The lowest BCUT2D eigenvalue weighted by atomic mass is 10.2. The van der Waals surface area contributed by atoms with Crippen LogP contribution in [0.3, 0.4) is 0 Å². The average Bonchev–Trinajstić information content (AvgIpc) is 3.17. The summed E-state index contributed by atoms with van der Waals surface area (Å²) in [7, 11) is 1.40. The van der Waals surface area contributed by atoms with Crippen LogP contribution in [0.4, 0.5) is 5.69 Å². The van der Waals surface area contributed by atoms with Gasteiger partial charge in [0.05, 0.1) is 36.8 Å². The van der Waals surface area contributed by atoms with Crippen LogP contribution in [-0.2, 0) is 11.2 Å². The zero-order chi connectivity index (χ0) is 20.8. The first kappa shape index (κ1) is 20.3.